The van der Waals surface area contributed by atoms with Gasteiger partial charge >= 0.3 is 0 Å². The van der Waals surface area contributed by atoms with Crippen molar-refractivity contribution in [1.82, 2.24) is 5.32 Å². The van der Waals surface area contributed by atoms with Crippen molar-refractivity contribution in [3.8, 4) is 5.75 Å². The highest BCUT2D eigenvalue weighted by molar-refractivity contribution is 8.13. The minimum atomic E-state index is -3.82. The molecule has 1 amide bonds. The average molecular weight is 318 g/mol. The van der Waals surface area contributed by atoms with Crippen LogP contribution in [-0.4, -0.2) is 27.5 Å². The summed E-state index contributed by atoms with van der Waals surface area (Å²) in [6.45, 7) is 0. The number of hydrogen-bond donors (Lipinski definition) is 1. The number of methoxy groups -OCH3 is 1. The second-order valence-corrected chi connectivity index (χ2v) is 7.35. The highest BCUT2D eigenvalue weighted by Crippen LogP contribution is 2.25. The third kappa shape index (κ3) is 3.64. The van der Waals surface area contributed by atoms with Gasteiger partial charge in [0.2, 0.25) is 5.91 Å². The number of ether oxygens (including phenoxy) is 1. The number of carbonyl (C=O) groups is 1. The lowest BCUT2D eigenvalue weighted by atomic mass is 9.93. The number of rotatable bonds is 5. The van der Waals surface area contributed by atoms with Crippen molar-refractivity contribution in [2.75, 3.05) is 7.11 Å². The Bertz CT molecular complexity index is 611. The van der Waals surface area contributed by atoms with Crippen LogP contribution in [-0.2, 0) is 20.3 Å². The summed E-state index contributed by atoms with van der Waals surface area (Å²) in [5.74, 6) is 0.329. The number of hydrogen-bond acceptors (Lipinski definition) is 4. The summed E-state index contributed by atoms with van der Waals surface area (Å²) in [4.78, 5) is 11.9. The van der Waals surface area contributed by atoms with Gasteiger partial charge in [-0.2, -0.15) is 0 Å². The van der Waals surface area contributed by atoms with Gasteiger partial charge in [-0.25, -0.2) is 8.42 Å². The number of halogens is 1. The Morgan fingerprint density at radius 3 is 2.65 bits per heavy atom. The molecular formula is C13H16ClNO4S. The molecule has 0 heterocycles. The number of carbonyl (C=O) groups excluding carboxylic acids is 1. The first kappa shape index (κ1) is 15.1. The third-order valence-electron chi connectivity index (χ3n) is 3.35. The molecule has 0 spiro atoms. The molecular weight excluding hydrogens is 302 g/mol. The van der Waals surface area contributed by atoms with Crippen LogP contribution in [0.2, 0.25) is 0 Å². The van der Waals surface area contributed by atoms with Gasteiger partial charge in [0.1, 0.15) is 5.75 Å². The van der Waals surface area contributed by atoms with Crippen molar-refractivity contribution >= 4 is 25.6 Å². The summed E-state index contributed by atoms with van der Waals surface area (Å²) in [6, 6.07) is 4.48. The molecule has 2 rings (SSSR count). The summed E-state index contributed by atoms with van der Waals surface area (Å²) in [5, 5.41) is 2.90. The van der Waals surface area contributed by atoms with Crippen LogP contribution >= 0.6 is 10.7 Å². The van der Waals surface area contributed by atoms with Crippen molar-refractivity contribution in [2.24, 2.45) is 0 Å². The zero-order valence-electron chi connectivity index (χ0n) is 11.1. The van der Waals surface area contributed by atoms with Crippen molar-refractivity contribution in [3.63, 3.8) is 0 Å². The van der Waals surface area contributed by atoms with E-state index < -0.39 is 9.05 Å². The van der Waals surface area contributed by atoms with E-state index >= 15 is 0 Å². The zero-order chi connectivity index (χ0) is 14.8. The van der Waals surface area contributed by atoms with Gasteiger partial charge in [-0.05, 0) is 37.5 Å². The molecule has 0 aromatic heterocycles. The molecule has 110 valence electrons. The molecule has 20 heavy (non-hydrogen) atoms. The zero-order valence-corrected chi connectivity index (χ0v) is 12.6. The van der Waals surface area contributed by atoms with Gasteiger partial charge in [-0.1, -0.05) is 0 Å². The van der Waals surface area contributed by atoms with Crippen LogP contribution in [0, 0.1) is 0 Å². The summed E-state index contributed by atoms with van der Waals surface area (Å²) in [7, 11) is 2.96. The molecule has 0 aliphatic heterocycles. The molecule has 1 saturated carbocycles. The molecule has 5 nitrogen and oxygen atoms in total. The van der Waals surface area contributed by atoms with Crippen molar-refractivity contribution in [3.05, 3.63) is 23.8 Å². The fourth-order valence-electron chi connectivity index (χ4n) is 2.05. The molecule has 1 aliphatic rings. The Hall–Kier alpha value is -1.27. The van der Waals surface area contributed by atoms with Gasteiger partial charge in [-0.3, -0.25) is 4.79 Å². The van der Waals surface area contributed by atoms with Crippen molar-refractivity contribution in [1.29, 1.82) is 0 Å². The van der Waals surface area contributed by atoms with E-state index in [1.54, 1.807) is 0 Å². The Balaban J connectivity index is 2.17. The van der Waals surface area contributed by atoms with Crippen molar-refractivity contribution < 1.29 is 17.9 Å². The van der Waals surface area contributed by atoms with Gasteiger partial charge in [0, 0.05) is 22.3 Å². The topological polar surface area (TPSA) is 72.5 Å². The van der Waals surface area contributed by atoms with E-state index in [9.17, 15) is 13.2 Å². The molecule has 0 atom stereocenters. The third-order valence-corrected chi connectivity index (χ3v) is 4.71. The summed E-state index contributed by atoms with van der Waals surface area (Å²) >= 11 is 0. The molecule has 7 heteroatoms. The van der Waals surface area contributed by atoms with Crippen LogP contribution in [0.25, 0.3) is 0 Å². The first-order valence-electron chi connectivity index (χ1n) is 6.31. The Kier molecular flexibility index (Phi) is 4.55. The van der Waals surface area contributed by atoms with Gasteiger partial charge in [0.25, 0.3) is 9.05 Å². The minimum Gasteiger partial charge on any atom is -0.496 e. The second-order valence-electron chi connectivity index (χ2n) is 4.78. The summed E-state index contributed by atoms with van der Waals surface area (Å²) in [5.41, 5.74) is 0.506. The van der Waals surface area contributed by atoms with Crippen LogP contribution in [0.4, 0.5) is 0 Å². The van der Waals surface area contributed by atoms with Crippen LogP contribution < -0.4 is 10.1 Å². The van der Waals surface area contributed by atoms with Crippen LogP contribution in [0.15, 0.2) is 23.1 Å². The van der Waals surface area contributed by atoms with Gasteiger partial charge < -0.3 is 10.1 Å². The monoisotopic (exact) mass is 317 g/mol. The highest BCUT2D eigenvalue weighted by Gasteiger charge is 2.21. The maximum atomic E-state index is 11.9. The van der Waals surface area contributed by atoms with E-state index in [4.69, 9.17) is 15.4 Å². The predicted molar refractivity (Wildman–Crippen MR) is 75.5 cm³/mol. The smallest absolute Gasteiger partial charge is 0.261 e. The molecule has 1 fully saturated rings. The molecule has 0 unspecified atom stereocenters. The molecule has 0 saturated heterocycles. The Labute approximate surface area is 122 Å². The van der Waals surface area contributed by atoms with Gasteiger partial charge in [0.15, 0.2) is 0 Å². The second kappa shape index (κ2) is 6.01. The van der Waals surface area contributed by atoms with Gasteiger partial charge in [0.05, 0.1) is 18.4 Å². The van der Waals surface area contributed by atoms with Crippen molar-refractivity contribution in [2.45, 2.75) is 36.6 Å². The standard InChI is InChI=1S/C13H16ClNO4S/c1-19-12-6-5-11(20(14,17)18)7-9(12)8-13(16)15-10-3-2-4-10/h5-7,10H,2-4,8H2,1H3,(H,15,16). The van der Waals surface area contributed by atoms with E-state index in [-0.39, 0.29) is 23.3 Å². The molecule has 1 aliphatic carbocycles. The first-order valence-corrected chi connectivity index (χ1v) is 8.62. The van der Waals surface area contributed by atoms with Gasteiger partial charge in [-0.15, -0.1) is 0 Å². The molecule has 0 radical (unpaired) electrons. The fraction of sp³-hybridized carbons (Fsp3) is 0.462. The van der Waals surface area contributed by atoms with E-state index in [1.807, 2.05) is 0 Å². The van der Waals surface area contributed by atoms with E-state index in [0.717, 1.165) is 19.3 Å². The van der Waals surface area contributed by atoms with E-state index in [0.29, 0.717) is 11.3 Å². The SMILES string of the molecule is COc1ccc(S(=O)(=O)Cl)cc1CC(=O)NC1CCC1. The quantitative estimate of drug-likeness (QED) is 0.841. The van der Waals surface area contributed by atoms with Crippen LogP contribution in [0.3, 0.4) is 0 Å². The van der Waals surface area contributed by atoms with Crippen LogP contribution in [0.1, 0.15) is 24.8 Å². The average Bonchev–Trinajstić information content (AvgIpc) is 2.33. The number of nitrogens with one attached hydrogen (secondary N) is 1. The van der Waals surface area contributed by atoms with Crippen LogP contribution in [0.5, 0.6) is 5.75 Å². The number of amides is 1. The summed E-state index contributed by atoms with van der Waals surface area (Å²) < 4.78 is 27.8. The largest absolute Gasteiger partial charge is 0.496 e. The first-order chi connectivity index (χ1) is 9.40. The molecule has 0 bridgehead atoms. The van der Waals surface area contributed by atoms with E-state index in [1.165, 1.54) is 25.3 Å². The lowest BCUT2D eigenvalue weighted by molar-refractivity contribution is -0.121. The molecule has 1 N–H and O–H groups in total. The molecule has 1 aromatic rings. The number of benzene rings is 1. The summed E-state index contributed by atoms with van der Waals surface area (Å²) in [6.07, 6.45) is 3.20. The maximum absolute atomic E-state index is 11.9. The fourth-order valence-corrected chi connectivity index (χ4v) is 2.85. The Morgan fingerprint density at radius 1 is 1.45 bits per heavy atom. The highest BCUT2D eigenvalue weighted by atomic mass is 35.7. The lowest BCUT2D eigenvalue weighted by Gasteiger charge is -2.26. The normalized spacial score (nSPS) is 15.5. The predicted octanol–water partition coefficient (Wildman–Crippen LogP) is 1.83. The minimum absolute atomic E-state index is 0.0357. The Morgan fingerprint density at radius 2 is 2.15 bits per heavy atom. The van der Waals surface area contributed by atoms with E-state index in [2.05, 4.69) is 5.32 Å². The maximum Gasteiger partial charge on any atom is 0.261 e. The lowest BCUT2D eigenvalue weighted by Crippen LogP contribution is -2.40. The molecule has 1 aromatic carbocycles.